The highest BCUT2D eigenvalue weighted by Crippen LogP contribution is 2.16. The van der Waals surface area contributed by atoms with Crippen LogP contribution in [0.5, 0.6) is 0 Å². The van der Waals surface area contributed by atoms with Gasteiger partial charge in [-0.05, 0) is 37.6 Å². The molecule has 1 heterocycles. The van der Waals surface area contributed by atoms with E-state index in [1.165, 1.54) is 11.1 Å². The third-order valence-electron chi connectivity index (χ3n) is 2.84. The smallest absolute Gasteiger partial charge is 0.123 e. The van der Waals surface area contributed by atoms with E-state index in [0.717, 1.165) is 30.9 Å². The summed E-state index contributed by atoms with van der Waals surface area (Å²) in [4.78, 5) is 4.65. The number of benzene rings is 1. The molecule has 0 amide bonds. The number of aromatic nitrogens is 2. The van der Waals surface area contributed by atoms with Crippen molar-refractivity contribution < 1.29 is 0 Å². The largest absolute Gasteiger partial charge is 0.330 e. The number of fused-ring (bicyclic) bond motifs is 1. The van der Waals surface area contributed by atoms with E-state index in [1.807, 2.05) is 0 Å². The minimum absolute atomic E-state index is 0.845. The topological polar surface area (TPSA) is 29.9 Å². The average Bonchev–Trinajstić information content (AvgIpc) is 2.56. The van der Waals surface area contributed by atoms with Crippen molar-refractivity contribution >= 4 is 11.0 Å². The molecule has 0 radical (unpaired) electrons. The first-order valence-corrected chi connectivity index (χ1v) is 5.85. The molecule has 0 fully saturated rings. The van der Waals surface area contributed by atoms with Crippen molar-refractivity contribution in [2.75, 3.05) is 6.54 Å². The fraction of sp³-hybridized carbons (Fsp3) is 0.462. The molecule has 0 aliphatic rings. The molecular formula is C13H19N3. The Morgan fingerprint density at radius 2 is 2.19 bits per heavy atom. The van der Waals surface area contributed by atoms with Gasteiger partial charge in [0.15, 0.2) is 0 Å². The summed E-state index contributed by atoms with van der Waals surface area (Å²) in [6, 6.07) is 6.41. The molecule has 0 aliphatic carbocycles. The molecular weight excluding hydrogens is 198 g/mol. The standard InChI is InChI=1S/C13H19N3/c1-4-7-14-9-13-15-11-8-10(2)5-6-12(11)16(13)3/h5-6,8,14H,4,7,9H2,1-3H3. The molecule has 0 unspecified atom stereocenters. The van der Waals surface area contributed by atoms with Crippen LogP contribution in [0.3, 0.4) is 0 Å². The first-order chi connectivity index (χ1) is 7.72. The summed E-state index contributed by atoms with van der Waals surface area (Å²) in [5.74, 6) is 1.11. The molecule has 0 saturated heterocycles. The van der Waals surface area contributed by atoms with E-state index in [1.54, 1.807) is 0 Å². The van der Waals surface area contributed by atoms with Gasteiger partial charge in [0.2, 0.25) is 0 Å². The van der Waals surface area contributed by atoms with Gasteiger partial charge >= 0.3 is 0 Å². The van der Waals surface area contributed by atoms with Gasteiger partial charge < -0.3 is 9.88 Å². The van der Waals surface area contributed by atoms with Gasteiger partial charge in [-0.3, -0.25) is 0 Å². The lowest BCUT2D eigenvalue weighted by molar-refractivity contribution is 0.634. The quantitative estimate of drug-likeness (QED) is 0.797. The second kappa shape index (κ2) is 4.66. The number of hydrogen-bond acceptors (Lipinski definition) is 2. The normalized spacial score (nSPS) is 11.2. The fourth-order valence-corrected chi connectivity index (χ4v) is 1.89. The lowest BCUT2D eigenvalue weighted by Gasteiger charge is -2.03. The van der Waals surface area contributed by atoms with Crippen molar-refractivity contribution in [3.8, 4) is 0 Å². The summed E-state index contributed by atoms with van der Waals surface area (Å²) < 4.78 is 2.16. The zero-order chi connectivity index (χ0) is 11.5. The van der Waals surface area contributed by atoms with Crippen LogP contribution in [-0.2, 0) is 13.6 Å². The zero-order valence-electron chi connectivity index (χ0n) is 10.2. The molecule has 0 atom stereocenters. The molecule has 86 valence electrons. The molecule has 1 aromatic carbocycles. The molecule has 0 spiro atoms. The van der Waals surface area contributed by atoms with Crippen molar-refractivity contribution in [3.05, 3.63) is 29.6 Å². The fourth-order valence-electron chi connectivity index (χ4n) is 1.89. The summed E-state index contributed by atoms with van der Waals surface area (Å²) in [5.41, 5.74) is 3.56. The summed E-state index contributed by atoms with van der Waals surface area (Å²) in [6.45, 7) is 6.16. The minimum atomic E-state index is 0.845. The Morgan fingerprint density at radius 1 is 1.38 bits per heavy atom. The number of nitrogens with one attached hydrogen (secondary N) is 1. The van der Waals surface area contributed by atoms with Crippen LogP contribution < -0.4 is 5.32 Å². The van der Waals surface area contributed by atoms with Crippen molar-refractivity contribution in [1.82, 2.24) is 14.9 Å². The third kappa shape index (κ3) is 2.09. The van der Waals surface area contributed by atoms with Crippen LogP contribution in [0.2, 0.25) is 0 Å². The Kier molecular flexibility index (Phi) is 3.25. The van der Waals surface area contributed by atoms with Crippen LogP contribution in [-0.4, -0.2) is 16.1 Å². The van der Waals surface area contributed by atoms with Gasteiger partial charge in [0.25, 0.3) is 0 Å². The van der Waals surface area contributed by atoms with Crippen LogP contribution >= 0.6 is 0 Å². The lowest BCUT2D eigenvalue weighted by atomic mass is 10.2. The zero-order valence-corrected chi connectivity index (χ0v) is 10.2. The summed E-state index contributed by atoms with van der Waals surface area (Å²) in [6.07, 6.45) is 1.16. The Labute approximate surface area is 96.5 Å². The number of nitrogens with zero attached hydrogens (tertiary/aromatic N) is 2. The average molecular weight is 217 g/mol. The lowest BCUT2D eigenvalue weighted by Crippen LogP contribution is -2.16. The van der Waals surface area contributed by atoms with E-state index < -0.39 is 0 Å². The summed E-state index contributed by atoms with van der Waals surface area (Å²) in [7, 11) is 2.08. The third-order valence-corrected chi connectivity index (χ3v) is 2.84. The summed E-state index contributed by atoms with van der Waals surface area (Å²) >= 11 is 0. The maximum absolute atomic E-state index is 4.65. The molecule has 0 bridgehead atoms. The van der Waals surface area contributed by atoms with Gasteiger partial charge in [-0.25, -0.2) is 4.98 Å². The van der Waals surface area contributed by atoms with Crippen molar-refractivity contribution in [1.29, 1.82) is 0 Å². The van der Waals surface area contributed by atoms with E-state index in [9.17, 15) is 0 Å². The molecule has 1 N–H and O–H groups in total. The van der Waals surface area contributed by atoms with Gasteiger partial charge in [0.05, 0.1) is 17.6 Å². The van der Waals surface area contributed by atoms with Crippen LogP contribution in [0.4, 0.5) is 0 Å². The second-order valence-electron chi connectivity index (χ2n) is 4.26. The van der Waals surface area contributed by atoms with Crippen molar-refractivity contribution in [2.45, 2.75) is 26.8 Å². The maximum atomic E-state index is 4.65. The van der Waals surface area contributed by atoms with Gasteiger partial charge in [0.1, 0.15) is 5.82 Å². The SMILES string of the molecule is CCCNCc1nc2cc(C)ccc2n1C. The monoisotopic (exact) mass is 217 g/mol. The van der Waals surface area contributed by atoms with Gasteiger partial charge in [0, 0.05) is 7.05 Å². The molecule has 0 saturated carbocycles. The van der Waals surface area contributed by atoms with Gasteiger partial charge in [-0.1, -0.05) is 13.0 Å². The van der Waals surface area contributed by atoms with Gasteiger partial charge in [-0.2, -0.15) is 0 Å². The van der Waals surface area contributed by atoms with Gasteiger partial charge in [-0.15, -0.1) is 0 Å². The molecule has 0 aliphatic heterocycles. The highest BCUT2D eigenvalue weighted by atomic mass is 15.1. The number of hydrogen-bond donors (Lipinski definition) is 1. The molecule has 16 heavy (non-hydrogen) atoms. The van der Waals surface area contributed by atoms with E-state index in [4.69, 9.17) is 0 Å². The first kappa shape index (κ1) is 11.1. The van der Waals surface area contributed by atoms with E-state index in [0.29, 0.717) is 0 Å². The molecule has 2 rings (SSSR count). The number of imidazole rings is 1. The van der Waals surface area contributed by atoms with E-state index in [2.05, 4.69) is 54.0 Å². The van der Waals surface area contributed by atoms with Crippen LogP contribution in [0, 0.1) is 6.92 Å². The molecule has 3 heteroatoms. The minimum Gasteiger partial charge on any atom is -0.330 e. The predicted octanol–water partition coefficient (Wildman–Crippen LogP) is 2.38. The van der Waals surface area contributed by atoms with Crippen LogP contribution in [0.15, 0.2) is 18.2 Å². The number of aryl methyl sites for hydroxylation is 2. The Morgan fingerprint density at radius 3 is 2.94 bits per heavy atom. The Balaban J connectivity index is 2.29. The van der Waals surface area contributed by atoms with Crippen LogP contribution in [0.1, 0.15) is 24.7 Å². The highest BCUT2D eigenvalue weighted by molar-refractivity contribution is 5.76. The first-order valence-electron chi connectivity index (χ1n) is 5.85. The highest BCUT2D eigenvalue weighted by Gasteiger charge is 2.06. The van der Waals surface area contributed by atoms with E-state index >= 15 is 0 Å². The second-order valence-corrected chi connectivity index (χ2v) is 4.26. The predicted molar refractivity (Wildman–Crippen MR) is 67.4 cm³/mol. The van der Waals surface area contributed by atoms with Crippen molar-refractivity contribution in [3.63, 3.8) is 0 Å². The van der Waals surface area contributed by atoms with E-state index in [-0.39, 0.29) is 0 Å². The molecule has 3 nitrogen and oxygen atoms in total. The Bertz CT molecular complexity index is 485. The molecule has 2 aromatic rings. The maximum Gasteiger partial charge on any atom is 0.123 e. The van der Waals surface area contributed by atoms with Crippen molar-refractivity contribution in [2.24, 2.45) is 7.05 Å². The summed E-state index contributed by atoms with van der Waals surface area (Å²) in [5, 5.41) is 3.38. The molecule has 1 aromatic heterocycles. The Hall–Kier alpha value is -1.35. The van der Waals surface area contributed by atoms with Crippen LogP contribution in [0.25, 0.3) is 11.0 Å². The number of rotatable bonds is 4.